The van der Waals surface area contributed by atoms with Gasteiger partial charge >= 0.3 is 0 Å². The van der Waals surface area contributed by atoms with Crippen LogP contribution in [0.5, 0.6) is 0 Å². The molecule has 11 heteroatoms. The monoisotopic (exact) mass is 484 g/mol. The van der Waals surface area contributed by atoms with Crippen molar-refractivity contribution >= 4 is 28.5 Å². The van der Waals surface area contributed by atoms with Gasteiger partial charge in [-0.15, -0.1) is 0 Å². The summed E-state index contributed by atoms with van der Waals surface area (Å²) >= 11 is 0. The number of carbonyl (C=O) groups excluding carboxylic acids is 2. The SMILES string of the molecule is C[C@@H]1CN(C(=O)Cn2nc(C3CN(C(=O)c4ccnc(N)c4)C3)c3c(F)cc(F)cc32)C[C@H](C)O1. The number of fused-ring (bicyclic) bond motifs is 1. The van der Waals surface area contributed by atoms with Crippen molar-refractivity contribution in [3.63, 3.8) is 0 Å². The van der Waals surface area contributed by atoms with Gasteiger partial charge in [-0.2, -0.15) is 5.10 Å². The number of nitrogens with two attached hydrogens (primary N) is 1. The van der Waals surface area contributed by atoms with Gasteiger partial charge in [-0.05, 0) is 26.0 Å². The van der Waals surface area contributed by atoms with Gasteiger partial charge in [0.2, 0.25) is 5.91 Å². The minimum Gasteiger partial charge on any atom is -0.384 e. The lowest BCUT2D eigenvalue weighted by atomic mass is 9.93. The van der Waals surface area contributed by atoms with E-state index in [0.717, 1.165) is 6.07 Å². The molecule has 0 radical (unpaired) electrons. The number of amides is 2. The summed E-state index contributed by atoms with van der Waals surface area (Å²) < 4.78 is 36.0. The number of anilines is 1. The number of carbonyl (C=O) groups is 2. The zero-order valence-electron chi connectivity index (χ0n) is 19.4. The van der Waals surface area contributed by atoms with Crippen LogP contribution < -0.4 is 5.73 Å². The molecule has 0 saturated carbocycles. The van der Waals surface area contributed by atoms with Crippen LogP contribution in [0.1, 0.15) is 35.8 Å². The molecule has 2 fully saturated rings. The second kappa shape index (κ2) is 8.88. The van der Waals surface area contributed by atoms with Gasteiger partial charge in [-0.3, -0.25) is 14.3 Å². The zero-order valence-corrected chi connectivity index (χ0v) is 19.4. The van der Waals surface area contributed by atoms with E-state index in [-0.39, 0.29) is 53.2 Å². The molecule has 1 aromatic carbocycles. The van der Waals surface area contributed by atoms with Gasteiger partial charge in [0.15, 0.2) is 0 Å². The van der Waals surface area contributed by atoms with Crippen molar-refractivity contribution in [2.24, 2.45) is 0 Å². The number of benzene rings is 1. The molecular formula is C24H26F2N6O3. The van der Waals surface area contributed by atoms with Crippen LogP contribution in [0.25, 0.3) is 10.9 Å². The van der Waals surface area contributed by atoms with Crippen LogP contribution in [0.4, 0.5) is 14.6 Å². The Morgan fingerprint density at radius 2 is 1.80 bits per heavy atom. The average molecular weight is 485 g/mol. The Kier molecular flexibility index (Phi) is 5.87. The predicted molar refractivity (Wildman–Crippen MR) is 124 cm³/mol. The van der Waals surface area contributed by atoms with E-state index in [0.29, 0.717) is 37.4 Å². The number of morpholine rings is 1. The Hall–Kier alpha value is -3.60. The summed E-state index contributed by atoms with van der Waals surface area (Å²) in [4.78, 5) is 32.9. The van der Waals surface area contributed by atoms with Gasteiger partial charge in [0, 0.05) is 56.0 Å². The Morgan fingerprint density at radius 1 is 1.09 bits per heavy atom. The Bertz CT molecular complexity index is 1300. The van der Waals surface area contributed by atoms with Crippen LogP contribution in [-0.2, 0) is 16.1 Å². The molecule has 3 aromatic rings. The van der Waals surface area contributed by atoms with Crippen molar-refractivity contribution in [1.82, 2.24) is 24.6 Å². The summed E-state index contributed by atoms with van der Waals surface area (Å²) in [5.74, 6) is -1.90. The molecule has 2 aliphatic heterocycles. The minimum absolute atomic E-state index is 0.100. The fourth-order valence-electron chi connectivity index (χ4n) is 4.85. The number of nitrogen functional groups attached to an aromatic ring is 1. The third kappa shape index (κ3) is 4.43. The first kappa shape index (κ1) is 23.2. The standard InChI is InChI=1S/C24H26F2N6O3/c1-13-8-30(9-14(2)35-13)21(33)12-32-19-7-17(25)6-18(26)22(19)23(29-32)16-10-31(11-16)24(34)15-3-4-28-20(27)5-15/h3-7,13-14,16H,8-12H2,1-2H3,(H2,27,28)/t13-,14+. The van der Waals surface area contributed by atoms with Crippen LogP contribution in [0.2, 0.25) is 0 Å². The van der Waals surface area contributed by atoms with Gasteiger partial charge in [0.1, 0.15) is 24.0 Å². The summed E-state index contributed by atoms with van der Waals surface area (Å²) in [5.41, 5.74) is 6.71. The minimum atomic E-state index is -0.746. The highest BCUT2D eigenvalue weighted by Crippen LogP contribution is 2.34. The van der Waals surface area contributed by atoms with Crippen molar-refractivity contribution in [3.8, 4) is 0 Å². The van der Waals surface area contributed by atoms with Crippen molar-refractivity contribution in [1.29, 1.82) is 0 Å². The lowest BCUT2D eigenvalue weighted by Gasteiger charge is -2.38. The number of halogens is 2. The number of likely N-dealkylation sites (tertiary alicyclic amines) is 1. The van der Waals surface area contributed by atoms with E-state index >= 15 is 0 Å². The Morgan fingerprint density at radius 3 is 2.49 bits per heavy atom. The summed E-state index contributed by atoms with van der Waals surface area (Å²) in [6.45, 7) is 5.16. The molecule has 0 unspecified atom stereocenters. The van der Waals surface area contributed by atoms with Crippen molar-refractivity contribution in [2.75, 3.05) is 31.9 Å². The summed E-state index contributed by atoms with van der Waals surface area (Å²) in [5, 5.41) is 4.70. The number of rotatable bonds is 4. The van der Waals surface area contributed by atoms with Gasteiger partial charge in [-0.1, -0.05) is 0 Å². The van der Waals surface area contributed by atoms with Crippen molar-refractivity contribution in [3.05, 3.63) is 53.4 Å². The molecule has 184 valence electrons. The molecule has 5 rings (SSSR count). The number of hydrogen-bond donors (Lipinski definition) is 1. The lowest BCUT2D eigenvalue weighted by molar-refractivity contribution is -0.143. The van der Waals surface area contributed by atoms with E-state index in [1.165, 1.54) is 23.0 Å². The molecule has 4 heterocycles. The highest BCUT2D eigenvalue weighted by atomic mass is 19.1. The third-order valence-corrected chi connectivity index (χ3v) is 6.44. The number of pyridine rings is 1. The maximum absolute atomic E-state index is 14.9. The van der Waals surface area contributed by atoms with E-state index in [9.17, 15) is 18.4 Å². The normalized spacial score (nSPS) is 20.8. The highest BCUT2D eigenvalue weighted by molar-refractivity contribution is 5.95. The molecule has 2 atom stereocenters. The Labute approximate surface area is 200 Å². The second-order valence-corrected chi connectivity index (χ2v) is 9.26. The molecule has 2 aromatic heterocycles. The summed E-state index contributed by atoms with van der Waals surface area (Å²) in [6.07, 6.45) is 1.26. The first-order chi connectivity index (χ1) is 16.7. The molecule has 9 nitrogen and oxygen atoms in total. The van der Waals surface area contributed by atoms with Crippen molar-refractivity contribution < 1.29 is 23.1 Å². The fraction of sp³-hybridized carbons (Fsp3) is 0.417. The maximum atomic E-state index is 14.9. The Balaban J connectivity index is 1.39. The average Bonchev–Trinajstić information content (AvgIpc) is 3.09. The molecule has 0 aliphatic carbocycles. The maximum Gasteiger partial charge on any atom is 0.254 e. The molecule has 0 spiro atoms. The highest BCUT2D eigenvalue weighted by Gasteiger charge is 2.36. The van der Waals surface area contributed by atoms with Crippen LogP contribution in [0.3, 0.4) is 0 Å². The quantitative estimate of drug-likeness (QED) is 0.608. The van der Waals surface area contributed by atoms with Crippen LogP contribution >= 0.6 is 0 Å². The molecule has 2 amide bonds. The van der Waals surface area contributed by atoms with Gasteiger partial charge in [-0.25, -0.2) is 13.8 Å². The summed E-state index contributed by atoms with van der Waals surface area (Å²) in [7, 11) is 0. The van der Waals surface area contributed by atoms with Crippen molar-refractivity contribution in [2.45, 2.75) is 38.5 Å². The smallest absolute Gasteiger partial charge is 0.254 e. The zero-order chi connectivity index (χ0) is 24.9. The fourth-order valence-corrected chi connectivity index (χ4v) is 4.85. The molecule has 2 N–H and O–H groups in total. The van der Waals surface area contributed by atoms with E-state index in [1.54, 1.807) is 15.9 Å². The summed E-state index contributed by atoms with van der Waals surface area (Å²) in [6, 6.07) is 5.08. The van der Waals surface area contributed by atoms with E-state index in [1.807, 2.05) is 13.8 Å². The molecule has 0 bridgehead atoms. The number of nitrogens with zero attached hydrogens (tertiary/aromatic N) is 5. The van der Waals surface area contributed by atoms with Gasteiger partial charge < -0.3 is 20.3 Å². The number of hydrogen-bond acceptors (Lipinski definition) is 6. The molecule has 2 saturated heterocycles. The number of aromatic nitrogens is 3. The lowest BCUT2D eigenvalue weighted by Crippen LogP contribution is -2.49. The van der Waals surface area contributed by atoms with Gasteiger partial charge in [0.05, 0.1) is 28.8 Å². The predicted octanol–water partition coefficient (Wildman–Crippen LogP) is 2.17. The molecular weight excluding hydrogens is 458 g/mol. The second-order valence-electron chi connectivity index (χ2n) is 9.26. The topological polar surface area (TPSA) is 107 Å². The van der Waals surface area contributed by atoms with E-state index in [4.69, 9.17) is 10.5 Å². The van der Waals surface area contributed by atoms with E-state index < -0.39 is 11.6 Å². The largest absolute Gasteiger partial charge is 0.384 e. The first-order valence-electron chi connectivity index (χ1n) is 11.5. The third-order valence-electron chi connectivity index (χ3n) is 6.44. The molecule has 2 aliphatic rings. The van der Waals surface area contributed by atoms with Crippen LogP contribution in [0, 0.1) is 11.6 Å². The van der Waals surface area contributed by atoms with Crippen LogP contribution in [0.15, 0.2) is 30.5 Å². The first-order valence-corrected chi connectivity index (χ1v) is 11.5. The van der Waals surface area contributed by atoms with E-state index in [2.05, 4.69) is 10.1 Å². The van der Waals surface area contributed by atoms with Gasteiger partial charge in [0.25, 0.3) is 5.91 Å². The molecule has 35 heavy (non-hydrogen) atoms. The van der Waals surface area contributed by atoms with Crippen LogP contribution in [-0.4, -0.2) is 74.8 Å². The number of ether oxygens (including phenoxy) is 1.